The molecule has 0 aromatic heterocycles. The second kappa shape index (κ2) is 6.99. The predicted molar refractivity (Wildman–Crippen MR) is 75.7 cm³/mol. The number of alkyl halides is 1. The molecule has 1 saturated carbocycles. The maximum Gasteiger partial charge on any atom is 0.0598 e. The lowest BCUT2D eigenvalue weighted by molar-refractivity contribution is -0.0120. The fourth-order valence-corrected chi connectivity index (χ4v) is 3.16. The Kier molecular flexibility index (Phi) is 6.30. The first-order valence-electron chi connectivity index (χ1n) is 7.20. The summed E-state index contributed by atoms with van der Waals surface area (Å²) in [6.45, 7) is 9.49. The van der Waals surface area contributed by atoms with Crippen LogP contribution in [-0.2, 0) is 4.74 Å². The number of halogens is 1. The minimum Gasteiger partial charge on any atom is -0.376 e. The van der Waals surface area contributed by atoms with E-state index in [1.165, 1.54) is 32.1 Å². The molecular formula is C15H29ClO. The molecule has 3 atom stereocenters. The van der Waals surface area contributed by atoms with Crippen LogP contribution in [-0.4, -0.2) is 17.6 Å². The molecule has 17 heavy (non-hydrogen) atoms. The smallest absolute Gasteiger partial charge is 0.0598 e. The van der Waals surface area contributed by atoms with Gasteiger partial charge in [0.1, 0.15) is 0 Å². The molecule has 0 amide bonds. The van der Waals surface area contributed by atoms with Gasteiger partial charge in [0.05, 0.1) is 5.60 Å². The minimum absolute atomic E-state index is 0.0146. The van der Waals surface area contributed by atoms with Crippen LogP contribution in [0.25, 0.3) is 0 Å². The zero-order valence-electron chi connectivity index (χ0n) is 12.0. The van der Waals surface area contributed by atoms with Crippen LogP contribution >= 0.6 is 11.6 Å². The summed E-state index contributed by atoms with van der Waals surface area (Å²) in [6.07, 6.45) is 7.66. The van der Waals surface area contributed by atoms with E-state index in [-0.39, 0.29) is 5.60 Å². The van der Waals surface area contributed by atoms with Crippen molar-refractivity contribution < 1.29 is 4.74 Å². The summed E-state index contributed by atoms with van der Waals surface area (Å²) < 4.78 is 5.82. The van der Waals surface area contributed by atoms with E-state index in [0.29, 0.717) is 11.3 Å². The van der Waals surface area contributed by atoms with Crippen molar-refractivity contribution in [2.45, 2.75) is 77.2 Å². The Hall–Kier alpha value is 0.250. The van der Waals surface area contributed by atoms with Gasteiger partial charge in [0.25, 0.3) is 0 Å². The van der Waals surface area contributed by atoms with Crippen molar-refractivity contribution in [1.29, 1.82) is 0 Å². The lowest BCUT2D eigenvalue weighted by Gasteiger charge is -2.33. The minimum atomic E-state index is -0.0146. The van der Waals surface area contributed by atoms with Gasteiger partial charge in [-0.25, -0.2) is 0 Å². The molecule has 1 aliphatic carbocycles. The molecule has 1 fully saturated rings. The van der Waals surface area contributed by atoms with Gasteiger partial charge >= 0.3 is 0 Å². The highest BCUT2D eigenvalue weighted by Gasteiger charge is 2.28. The van der Waals surface area contributed by atoms with Crippen LogP contribution < -0.4 is 0 Å². The number of rotatable bonds is 5. The first-order valence-corrected chi connectivity index (χ1v) is 7.64. The van der Waals surface area contributed by atoms with Crippen LogP contribution in [0.4, 0.5) is 0 Å². The van der Waals surface area contributed by atoms with Crippen LogP contribution in [0.2, 0.25) is 0 Å². The molecule has 0 aromatic carbocycles. The highest BCUT2D eigenvalue weighted by atomic mass is 35.5. The average molecular weight is 261 g/mol. The molecule has 0 aliphatic heterocycles. The third kappa shape index (κ3) is 6.10. The SMILES string of the molecule is CCCC1CCC(Cl)C(CCOC(C)(C)C)C1. The Morgan fingerprint density at radius 1 is 1.18 bits per heavy atom. The Morgan fingerprint density at radius 2 is 1.88 bits per heavy atom. The van der Waals surface area contributed by atoms with Gasteiger partial charge in [-0.05, 0) is 58.3 Å². The molecule has 102 valence electrons. The van der Waals surface area contributed by atoms with Gasteiger partial charge in [0.15, 0.2) is 0 Å². The summed E-state index contributed by atoms with van der Waals surface area (Å²) >= 11 is 6.44. The number of ether oxygens (including phenoxy) is 1. The lowest BCUT2D eigenvalue weighted by atomic mass is 9.78. The summed E-state index contributed by atoms with van der Waals surface area (Å²) in [5, 5.41) is 0.381. The zero-order chi connectivity index (χ0) is 12.9. The fraction of sp³-hybridized carbons (Fsp3) is 1.00. The normalized spacial score (nSPS) is 30.5. The zero-order valence-corrected chi connectivity index (χ0v) is 12.7. The van der Waals surface area contributed by atoms with Crippen molar-refractivity contribution in [2.24, 2.45) is 11.8 Å². The van der Waals surface area contributed by atoms with Crippen LogP contribution in [0, 0.1) is 11.8 Å². The maximum absolute atomic E-state index is 6.44. The molecule has 1 nitrogen and oxygen atoms in total. The molecule has 0 N–H and O–H groups in total. The second-order valence-electron chi connectivity index (χ2n) is 6.49. The van der Waals surface area contributed by atoms with Gasteiger partial charge in [-0.15, -0.1) is 11.6 Å². The Labute approximate surface area is 112 Å². The Bertz CT molecular complexity index is 209. The Morgan fingerprint density at radius 3 is 2.47 bits per heavy atom. The second-order valence-corrected chi connectivity index (χ2v) is 7.05. The van der Waals surface area contributed by atoms with Crippen molar-refractivity contribution in [2.75, 3.05) is 6.61 Å². The molecule has 0 spiro atoms. The number of hydrogen-bond donors (Lipinski definition) is 0. The summed E-state index contributed by atoms with van der Waals surface area (Å²) in [4.78, 5) is 0. The van der Waals surface area contributed by atoms with E-state index in [1.807, 2.05) is 0 Å². The molecule has 1 aliphatic rings. The summed E-state index contributed by atoms with van der Waals surface area (Å²) in [5.74, 6) is 1.58. The summed E-state index contributed by atoms with van der Waals surface area (Å²) in [6, 6.07) is 0. The van der Waals surface area contributed by atoms with Gasteiger partial charge < -0.3 is 4.74 Å². The van der Waals surface area contributed by atoms with Crippen molar-refractivity contribution in [1.82, 2.24) is 0 Å². The standard InChI is InChI=1S/C15H29ClO/c1-5-6-12-7-8-14(16)13(11-12)9-10-17-15(2,3)4/h12-14H,5-11H2,1-4H3. The van der Waals surface area contributed by atoms with Crippen LogP contribution in [0.1, 0.15) is 66.2 Å². The van der Waals surface area contributed by atoms with E-state index >= 15 is 0 Å². The first-order chi connectivity index (χ1) is 7.92. The van der Waals surface area contributed by atoms with Crippen LogP contribution in [0.15, 0.2) is 0 Å². The number of hydrogen-bond acceptors (Lipinski definition) is 1. The van der Waals surface area contributed by atoms with E-state index in [1.54, 1.807) is 0 Å². The van der Waals surface area contributed by atoms with Crippen molar-refractivity contribution >= 4 is 11.6 Å². The van der Waals surface area contributed by atoms with E-state index in [0.717, 1.165) is 18.9 Å². The maximum atomic E-state index is 6.44. The highest BCUT2D eigenvalue weighted by Crippen LogP contribution is 2.36. The van der Waals surface area contributed by atoms with Crippen molar-refractivity contribution in [3.63, 3.8) is 0 Å². The van der Waals surface area contributed by atoms with E-state index in [4.69, 9.17) is 16.3 Å². The molecule has 0 saturated heterocycles. The average Bonchev–Trinajstić information content (AvgIpc) is 2.21. The molecule has 0 radical (unpaired) electrons. The van der Waals surface area contributed by atoms with Crippen molar-refractivity contribution in [3.05, 3.63) is 0 Å². The molecule has 0 aromatic rings. The molecular weight excluding hydrogens is 232 g/mol. The van der Waals surface area contributed by atoms with E-state index in [9.17, 15) is 0 Å². The molecule has 0 bridgehead atoms. The summed E-state index contributed by atoms with van der Waals surface area (Å²) in [7, 11) is 0. The molecule has 0 heterocycles. The third-order valence-corrected chi connectivity index (χ3v) is 4.29. The molecule has 3 unspecified atom stereocenters. The van der Waals surface area contributed by atoms with Gasteiger partial charge in [-0.2, -0.15) is 0 Å². The quantitative estimate of drug-likeness (QED) is 0.631. The summed E-state index contributed by atoms with van der Waals surface area (Å²) in [5.41, 5.74) is -0.0146. The predicted octanol–water partition coefficient (Wildman–Crippen LogP) is 5.02. The monoisotopic (exact) mass is 260 g/mol. The highest BCUT2D eigenvalue weighted by molar-refractivity contribution is 6.20. The molecule has 1 rings (SSSR count). The fourth-order valence-electron chi connectivity index (χ4n) is 2.81. The van der Waals surface area contributed by atoms with E-state index in [2.05, 4.69) is 27.7 Å². The molecule has 2 heteroatoms. The van der Waals surface area contributed by atoms with Gasteiger partial charge in [-0.3, -0.25) is 0 Å². The first kappa shape index (κ1) is 15.3. The lowest BCUT2D eigenvalue weighted by Crippen LogP contribution is -2.28. The van der Waals surface area contributed by atoms with Crippen molar-refractivity contribution in [3.8, 4) is 0 Å². The van der Waals surface area contributed by atoms with Gasteiger partial charge in [0.2, 0.25) is 0 Å². The van der Waals surface area contributed by atoms with E-state index < -0.39 is 0 Å². The third-order valence-electron chi connectivity index (χ3n) is 3.72. The Balaban J connectivity index is 2.29. The van der Waals surface area contributed by atoms with Crippen LogP contribution in [0.5, 0.6) is 0 Å². The van der Waals surface area contributed by atoms with Gasteiger partial charge in [-0.1, -0.05) is 19.8 Å². The topological polar surface area (TPSA) is 9.23 Å². The largest absolute Gasteiger partial charge is 0.376 e. The van der Waals surface area contributed by atoms with Crippen LogP contribution in [0.3, 0.4) is 0 Å². The van der Waals surface area contributed by atoms with Gasteiger partial charge in [0, 0.05) is 12.0 Å².